The summed E-state index contributed by atoms with van der Waals surface area (Å²) < 4.78 is 0. The average Bonchev–Trinajstić information content (AvgIpc) is 2.31. The molecule has 11 heavy (non-hydrogen) atoms. The van der Waals surface area contributed by atoms with Gasteiger partial charge in [-0.1, -0.05) is 12.1 Å². The second kappa shape index (κ2) is 2.16. The molecule has 0 unspecified atom stereocenters. The molecule has 2 rings (SSSR count). The lowest BCUT2D eigenvalue weighted by Gasteiger charge is -2.04. The maximum Gasteiger partial charge on any atom is 0.0609 e. The maximum absolute atomic E-state index is 5.77. The molecule has 58 valence electrons. The highest BCUT2D eigenvalue weighted by Gasteiger charge is 2.17. The molecule has 1 aromatic rings. The van der Waals surface area contributed by atoms with Gasteiger partial charge in [0, 0.05) is 6.04 Å². The number of hydrogen-bond acceptors (Lipinski definition) is 2. The van der Waals surface area contributed by atoms with Gasteiger partial charge in [-0.2, -0.15) is 0 Å². The number of rotatable bonds is 0. The molecule has 1 atom stereocenters. The average molecular weight is 148 g/mol. The van der Waals surface area contributed by atoms with Crippen LogP contribution in [0.5, 0.6) is 0 Å². The Morgan fingerprint density at radius 3 is 3.09 bits per heavy atom. The van der Waals surface area contributed by atoms with Crippen LogP contribution in [0.2, 0.25) is 0 Å². The summed E-state index contributed by atoms with van der Waals surface area (Å²) in [7, 11) is 0. The van der Waals surface area contributed by atoms with Crippen molar-refractivity contribution in [2.75, 3.05) is 11.1 Å². The van der Waals surface area contributed by atoms with Crippen molar-refractivity contribution in [2.24, 2.45) is 0 Å². The Labute approximate surface area is 66.4 Å². The van der Waals surface area contributed by atoms with Gasteiger partial charge in [0.2, 0.25) is 0 Å². The Balaban J connectivity index is 2.49. The van der Waals surface area contributed by atoms with Gasteiger partial charge < -0.3 is 11.1 Å². The molecule has 2 nitrogen and oxygen atoms in total. The van der Waals surface area contributed by atoms with Crippen molar-refractivity contribution in [3.63, 3.8) is 0 Å². The highest BCUT2D eigenvalue weighted by Crippen LogP contribution is 2.30. The van der Waals surface area contributed by atoms with Crippen LogP contribution in [0.25, 0.3) is 0 Å². The molecule has 0 spiro atoms. The van der Waals surface area contributed by atoms with Crippen LogP contribution >= 0.6 is 0 Å². The number of nitrogens with one attached hydrogen (secondary N) is 1. The standard InChI is InChI=1S/C9H12N2/c1-6-5-7-3-2-4-8(10)9(7)11-6/h2-4,6,11H,5,10H2,1H3/t6-/m0/s1. The van der Waals surface area contributed by atoms with Crippen molar-refractivity contribution in [3.8, 4) is 0 Å². The zero-order valence-corrected chi connectivity index (χ0v) is 6.59. The molecule has 0 saturated heterocycles. The van der Waals surface area contributed by atoms with E-state index in [0.29, 0.717) is 6.04 Å². The summed E-state index contributed by atoms with van der Waals surface area (Å²) in [6.45, 7) is 2.17. The van der Waals surface area contributed by atoms with Crippen LogP contribution in [0.1, 0.15) is 12.5 Å². The molecular formula is C9H12N2. The minimum Gasteiger partial charge on any atom is -0.397 e. The molecular weight excluding hydrogens is 136 g/mol. The first kappa shape index (κ1) is 6.53. The molecule has 1 heterocycles. The number of fused-ring (bicyclic) bond motifs is 1. The highest BCUT2D eigenvalue weighted by atomic mass is 15.0. The summed E-state index contributed by atoms with van der Waals surface area (Å²) in [6.07, 6.45) is 1.10. The van der Waals surface area contributed by atoms with Gasteiger partial charge in [-0.05, 0) is 25.0 Å². The number of benzene rings is 1. The number of nitrogen functional groups attached to an aromatic ring is 1. The summed E-state index contributed by atoms with van der Waals surface area (Å²) in [5, 5.41) is 3.34. The summed E-state index contributed by atoms with van der Waals surface area (Å²) >= 11 is 0. The van der Waals surface area contributed by atoms with Crippen LogP contribution in [0.4, 0.5) is 11.4 Å². The van der Waals surface area contributed by atoms with E-state index >= 15 is 0 Å². The van der Waals surface area contributed by atoms with Gasteiger partial charge in [-0.25, -0.2) is 0 Å². The molecule has 0 amide bonds. The first-order valence-corrected chi connectivity index (χ1v) is 3.91. The molecule has 1 aliphatic rings. The van der Waals surface area contributed by atoms with Crippen molar-refractivity contribution in [1.29, 1.82) is 0 Å². The fourth-order valence-electron chi connectivity index (χ4n) is 1.59. The lowest BCUT2D eigenvalue weighted by Crippen LogP contribution is -2.09. The Bertz CT molecular complexity index is 281. The van der Waals surface area contributed by atoms with E-state index in [1.54, 1.807) is 0 Å². The lowest BCUT2D eigenvalue weighted by molar-refractivity contribution is 0.839. The van der Waals surface area contributed by atoms with Crippen LogP contribution in [0.3, 0.4) is 0 Å². The van der Waals surface area contributed by atoms with Crippen LogP contribution in [-0.2, 0) is 6.42 Å². The number of para-hydroxylation sites is 1. The Hall–Kier alpha value is -1.18. The molecule has 2 heteroatoms. The van der Waals surface area contributed by atoms with E-state index < -0.39 is 0 Å². The zero-order valence-electron chi connectivity index (χ0n) is 6.59. The number of anilines is 2. The predicted molar refractivity (Wildman–Crippen MR) is 47.6 cm³/mol. The van der Waals surface area contributed by atoms with E-state index in [1.165, 1.54) is 5.56 Å². The second-order valence-electron chi connectivity index (χ2n) is 3.13. The molecule has 1 aromatic carbocycles. The van der Waals surface area contributed by atoms with Gasteiger partial charge in [0.25, 0.3) is 0 Å². The first-order valence-electron chi connectivity index (χ1n) is 3.91. The monoisotopic (exact) mass is 148 g/mol. The topological polar surface area (TPSA) is 38.0 Å². The van der Waals surface area contributed by atoms with E-state index in [9.17, 15) is 0 Å². The highest BCUT2D eigenvalue weighted by molar-refractivity contribution is 5.73. The third kappa shape index (κ3) is 0.946. The third-order valence-corrected chi connectivity index (χ3v) is 2.10. The third-order valence-electron chi connectivity index (χ3n) is 2.10. The minimum atomic E-state index is 0.537. The molecule has 1 aliphatic heterocycles. The van der Waals surface area contributed by atoms with E-state index in [1.807, 2.05) is 12.1 Å². The van der Waals surface area contributed by atoms with Gasteiger partial charge in [-0.3, -0.25) is 0 Å². The van der Waals surface area contributed by atoms with E-state index in [-0.39, 0.29) is 0 Å². The smallest absolute Gasteiger partial charge is 0.0609 e. The Kier molecular flexibility index (Phi) is 1.28. The van der Waals surface area contributed by atoms with E-state index in [2.05, 4.69) is 18.3 Å². The molecule has 0 radical (unpaired) electrons. The van der Waals surface area contributed by atoms with Gasteiger partial charge >= 0.3 is 0 Å². The molecule has 0 bridgehead atoms. The summed E-state index contributed by atoms with van der Waals surface area (Å²) in [4.78, 5) is 0. The SMILES string of the molecule is C[C@H]1Cc2cccc(N)c2N1. The number of hydrogen-bond donors (Lipinski definition) is 2. The van der Waals surface area contributed by atoms with Crippen molar-refractivity contribution in [1.82, 2.24) is 0 Å². The lowest BCUT2D eigenvalue weighted by atomic mass is 10.1. The molecule has 0 fully saturated rings. The van der Waals surface area contributed by atoms with E-state index in [4.69, 9.17) is 5.73 Å². The molecule has 0 aromatic heterocycles. The minimum absolute atomic E-state index is 0.537. The van der Waals surface area contributed by atoms with Gasteiger partial charge in [-0.15, -0.1) is 0 Å². The van der Waals surface area contributed by atoms with Crippen molar-refractivity contribution in [3.05, 3.63) is 23.8 Å². The number of nitrogens with two attached hydrogens (primary N) is 1. The van der Waals surface area contributed by atoms with Crippen molar-refractivity contribution >= 4 is 11.4 Å². The van der Waals surface area contributed by atoms with Gasteiger partial charge in [0.15, 0.2) is 0 Å². The Morgan fingerprint density at radius 2 is 2.36 bits per heavy atom. The maximum atomic E-state index is 5.77. The quantitative estimate of drug-likeness (QED) is 0.549. The fraction of sp³-hybridized carbons (Fsp3) is 0.333. The summed E-state index contributed by atoms with van der Waals surface area (Å²) in [5.41, 5.74) is 9.12. The zero-order chi connectivity index (χ0) is 7.84. The largest absolute Gasteiger partial charge is 0.397 e. The summed E-state index contributed by atoms with van der Waals surface area (Å²) in [5.74, 6) is 0. The molecule has 3 N–H and O–H groups in total. The van der Waals surface area contributed by atoms with Crippen LogP contribution in [0.15, 0.2) is 18.2 Å². The van der Waals surface area contributed by atoms with Crippen molar-refractivity contribution in [2.45, 2.75) is 19.4 Å². The first-order chi connectivity index (χ1) is 5.27. The fourth-order valence-corrected chi connectivity index (χ4v) is 1.59. The van der Waals surface area contributed by atoms with Gasteiger partial charge in [0.05, 0.1) is 11.4 Å². The van der Waals surface area contributed by atoms with Crippen LogP contribution in [-0.4, -0.2) is 6.04 Å². The van der Waals surface area contributed by atoms with Crippen LogP contribution in [0, 0.1) is 0 Å². The van der Waals surface area contributed by atoms with Gasteiger partial charge in [0.1, 0.15) is 0 Å². The van der Waals surface area contributed by atoms with Crippen LogP contribution < -0.4 is 11.1 Å². The summed E-state index contributed by atoms with van der Waals surface area (Å²) in [6, 6.07) is 6.61. The van der Waals surface area contributed by atoms with E-state index in [0.717, 1.165) is 17.8 Å². The normalized spacial score (nSPS) is 21.0. The molecule has 0 saturated carbocycles. The second-order valence-corrected chi connectivity index (χ2v) is 3.13. The Morgan fingerprint density at radius 1 is 1.55 bits per heavy atom. The van der Waals surface area contributed by atoms with Crippen molar-refractivity contribution < 1.29 is 0 Å². The molecule has 0 aliphatic carbocycles. The predicted octanol–water partition coefficient (Wildman–Crippen LogP) is 1.63.